The first-order chi connectivity index (χ1) is 8.36. The molecule has 0 unspecified atom stereocenters. The highest BCUT2D eigenvalue weighted by molar-refractivity contribution is 5.82. The fraction of sp³-hybridized carbons (Fsp3) is 0. The number of fused-ring (bicyclic) bond motifs is 1. The van der Waals surface area contributed by atoms with Gasteiger partial charge in [0.05, 0.1) is 5.69 Å². The van der Waals surface area contributed by atoms with Crippen LogP contribution in [0.2, 0.25) is 0 Å². The summed E-state index contributed by atoms with van der Waals surface area (Å²) in [6.45, 7) is 0. The van der Waals surface area contributed by atoms with E-state index in [1.54, 1.807) is 12.3 Å². The van der Waals surface area contributed by atoms with Crippen LogP contribution in [0.15, 0.2) is 53.1 Å². The van der Waals surface area contributed by atoms with Crippen molar-refractivity contribution in [3.63, 3.8) is 0 Å². The summed E-state index contributed by atoms with van der Waals surface area (Å²) in [4.78, 5) is 4.26. The van der Waals surface area contributed by atoms with Crippen molar-refractivity contribution in [1.82, 2.24) is 4.98 Å². The third-order valence-corrected chi connectivity index (χ3v) is 2.60. The molecule has 0 amide bonds. The molecule has 1 aromatic carbocycles. The third kappa shape index (κ3) is 1.74. The first-order valence-electron chi connectivity index (χ1n) is 5.28. The third-order valence-electron chi connectivity index (χ3n) is 2.60. The van der Waals surface area contributed by atoms with E-state index in [0.717, 1.165) is 28.1 Å². The quantitative estimate of drug-likeness (QED) is 0.520. The Balaban J connectivity index is 2.13. The number of benzene rings is 1. The zero-order valence-electron chi connectivity index (χ0n) is 9.05. The maximum absolute atomic E-state index is 5.72. The average Bonchev–Trinajstić information content (AvgIpc) is 2.82. The Bertz CT molecular complexity index is 627. The number of aromatic nitrogens is 1. The van der Waals surface area contributed by atoms with Crippen LogP contribution >= 0.6 is 0 Å². The van der Waals surface area contributed by atoms with E-state index in [1.165, 1.54) is 0 Å². The van der Waals surface area contributed by atoms with Crippen LogP contribution in [0, 0.1) is 0 Å². The molecule has 0 saturated heterocycles. The van der Waals surface area contributed by atoms with Crippen LogP contribution < -0.4 is 11.3 Å². The number of furan rings is 1. The summed E-state index contributed by atoms with van der Waals surface area (Å²) in [7, 11) is 0. The second-order valence-electron chi connectivity index (χ2n) is 3.72. The lowest BCUT2D eigenvalue weighted by atomic mass is 10.2. The van der Waals surface area contributed by atoms with E-state index in [4.69, 9.17) is 10.3 Å². The summed E-state index contributed by atoms with van der Waals surface area (Å²) in [5, 5.41) is 1.07. The predicted octanol–water partition coefficient (Wildman–Crippen LogP) is 2.78. The molecule has 0 aliphatic carbocycles. The van der Waals surface area contributed by atoms with E-state index in [2.05, 4.69) is 10.4 Å². The highest BCUT2D eigenvalue weighted by Gasteiger charge is 2.07. The van der Waals surface area contributed by atoms with Gasteiger partial charge in [0.15, 0.2) is 5.76 Å². The predicted molar refractivity (Wildman–Crippen MR) is 67.3 cm³/mol. The summed E-state index contributed by atoms with van der Waals surface area (Å²) < 4.78 is 5.72. The lowest BCUT2D eigenvalue weighted by Crippen LogP contribution is -2.06. The van der Waals surface area contributed by atoms with Crippen molar-refractivity contribution >= 4 is 16.7 Å². The molecule has 2 heterocycles. The first kappa shape index (κ1) is 9.86. The fourth-order valence-electron chi connectivity index (χ4n) is 1.76. The van der Waals surface area contributed by atoms with Crippen LogP contribution in [0.5, 0.6) is 0 Å². The van der Waals surface area contributed by atoms with Gasteiger partial charge in [0.25, 0.3) is 0 Å². The van der Waals surface area contributed by atoms with E-state index in [0.29, 0.717) is 0 Å². The Morgan fingerprint density at radius 1 is 1.12 bits per heavy atom. The van der Waals surface area contributed by atoms with Crippen LogP contribution in [0.1, 0.15) is 0 Å². The molecule has 0 radical (unpaired) electrons. The molecular weight excluding hydrogens is 214 g/mol. The molecule has 0 bridgehead atoms. The number of nitrogens with one attached hydrogen (secondary N) is 1. The van der Waals surface area contributed by atoms with E-state index in [-0.39, 0.29) is 0 Å². The highest BCUT2D eigenvalue weighted by atomic mass is 16.3. The average molecular weight is 225 g/mol. The van der Waals surface area contributed by atoms with Crippen molar-refractivity contribution in [3.05, 3.63) is 48.7 Å². The molecule has 3 aromatic rings. The van der Waals surface area contributed by atoms with Gasteiger partial charge in [0, 0.05) is 11.6 Å². The van der Waals surface area contributed by atoms with Gasteiger partial charge in [-0.2, -0.15) is 0 Å². The smallest absolute Gasteiger partial charge is 0.153 e. The zero-order valence-corrected chi connectivity index (χ0v) is 9.05. The summed E-state index contributed by atoms with van der Waals surface area (Å²) in [6.07, 6.45) is 1.69. The zero-order chi connectivity index (χ0) is 11.7. The minimum Gasteiger partial charge on any atom is -0.454 e. The Hall–Kier alpha value is -2.33. The van der Waals surface area contributed by atoms with Crippen LogP contribution in [-0.4, -0.2) is 4.98 Å². The van der Waals surface area contributed by atoms with Crippen molar-refractivity contribution in [2.24, 2.45) is 5.84 Å². The Morgan fingerprint density at radius 2 is 2.00 bits per heavy atom. The van der Waals surface area contributed by atoms with Crippen molar-refractivity contribution in [3.8, 4) is 11.5 Å². The Morgan fingerprint density at radius 3 is 2.82 bits per heavy atom. The van der Waals surface area contributed by atoms with Gasteiger partial charge >= 0.3 is 0 Å². The number of para-hydroxylation sites is 1. The number of hydrogen-bond acceptors (Lipinski definition) is 4. The molecule has 4 heteroatoms. The minimum absolute atomic E-state index is 0.739. The van der Waals surface area contributed by atoms with Gasteiger partial charge in [-0.1, -0.05) is 18.2 Å². The molecule has 4 nitrogen and oxygen atoms in total. The topological polar surface area (TPSA) is 64.1 Å². The lowest BCUT2D eigenvalue weighted by Gasteiger charge is -2.00. The van der Waals surface area contributed by atoms with Gasteiger partial charge in [0.1, 0.15) is 11.3 Å². The van der Waals surface area contributed by atoms with E-state index >= 15 is 0 Å². The fourth-order valence-corrected chi connectivity index (χ4v) is 1.76. The first-order valence-corrected chi connectivity index (χ1v) is 5.28. The highest BCUT2D eigenvalue weighted by Crippen LogP contribution is 2.27. The molecule has 3 N–H and O–H groups in total. The van der Waals surface area contributed by atoms with Gasteiger partial charge in [-0.3, -0.25) is 10.8 Å². The standard InChI is InChI=1S/C13H11N3O/c14-16-10-5-6-15-11(8-10)13-7-9-3-1-2-4-12(9)17-13/h1-8H,14H2,(H,15,16). The molecule has 2 aromatic heterocycles. The minimum atomic E-state index is 0.739. The summed E-state index contributed by atoms with van der Waals surface area (Å²) >= 11 is 0. The monoisotopic (exact) mass is 225 g/mol. The normalized spacial score (nSPS) is 10.6. The molecule has 3 rings (SSSR count). The van der Waals surface area contributed by atoms with Gasteiger partial charge in [-0.25, -0.2) is 0 Å². The summed E-state index contributed by atoms with van der Waals surface area (Å²) in [5.74, 6) is 6.10. The van der Waals surface area contributed by atoms with Gasteiger partial charge < -0.3 is 9.84 Å². The largest absolute Gasteiger partial charge is 0.454 e. The summed E-state index contributed by atoms with van der Waals surface area (Å²) in [5.41, 5.74) is 5.01. The van der Waals surface area contributed by atoms with Crippen LogP contribution in [0.25, 0.3) is 22.4 Å². The SMILES string of the molecule is NNc1ccnc(-c2cc3ccccc3o2)c1. The van der Waals surface area contributed by atoms with Crippen molar-refractivity contribution in [1.29, 1.82) is 0 Å². The van der Waals surface area contributed by atoms with Crippen LogP contribution in [0.4, 0.5) is 5.69 Å². The van der Waals surface area contributed by atoms with Crippen molar-refractivity contribution < 1.29 is 4.42 Å². The van der Waals surface area contributed by atoms with Crippen molar-refractivity contribution in [2.45, 2.75) is 0 Å². The maximum atomic E-state index is 5.72. The number of pyridine rings is 1. The molecule has 0 saturated carbocycles. The second-order valence-corrected chi connectivity index (χ2v) is 3.72. The number of anilines is 1. The number of nitrogens with zero attached hydrogens (tertiary/aromatic N) is 1. The number of nitrogens with two attached hydrogens (primary N) is 1. The number of hydrazine groups is 1. The molecule has 0 aliphatic rings. The van der Waals surface area contributed by atoms with Crippen LogP contribution in [0.3, 0.4) is 0 Å². The molecule has 17 heavy (non-hydrogen) atoms. The number of rotatable bonds is 2. The summed E-state index contributed by atoms with van der Waals surface area (Å²) in [6, 6.07) is 13.5. The Labute approximate surface area is 98.0 Å². The molecule has 0 spiro atoms. The number of nitrogen functional groups attached to an aromatic ring is 1. The van der Waals surface area contributed by atoms with Crippen molar-refractivity contribution in [2.75, 3.05) is 5.43 Å². The lowest BCUT2D eigenvalue weighted by molar-refractivity contribution is 0.629. The van der Waals surface area contributed by atoms with E-state index in [9.17, 15) is 0 Å². The second kappa shape index (κ2) is 3.92. The molecule has 0 aliphatic heterocycles. The van der Waals surface area contributed by atoms with Gasteiger partial charge in [0.2, 0.25) is 0 Å². The maximum Gasteiger partial charge on any atom is 0.153 e. The van der Waals surface area contributed by atoms with Crippen LogP contribution in [-0.2, 0) is 0 Å². The Kier molecular flexibility index (Phi) is 2.27. The molecular formula is C13H11N3O. The molecule has 0 atom stereocenters. The van der Waals surface area contributed by atoms with Gasteiger partial charge in [-0.05, 0) is 24.3 Å². The van der Waals surface area contributed by atoms with E-state index in [1.807, 2.05) is 36.4 Å². The van der Waals surface area contributed by atoms with E-state index < -0.39 is 0 Å². The molecule has 0 fully saturated rings. The number of hydrogen-bond donors (Lipinski definition) is 2. The molecule has 84 valence electrons. The van der Waals surface area contributed by atoms with Gasteiger partial charge in [-0.15, -0.1) is 0 Å².